The fourth-order valence-electron chi connectivity index (χ4n) is 8.59. The van der Waals surface area contributed by atoms with E-state index in [-0.39, 0.29) is 11.9 Å². The molecule has 2 aromatic rings. The molecule has 3 N–H and O–H groups in total. The normalized spacial score (nSPS) is 16.9. The van der Waals surface area contributed by atoms with Crippen LogP contribution in [0.4, 0.5) is 9.59 Å². The molecule has 0 aromatic heterocycles. The van der Waals surface area contributed by atoms with Crippen molar-refractivity contribution >= 4 is 23.9 Å². The van der Waals surface area contributed by atoms with Crippen LogP contribution in [0.25, 0.3) is 0 Å². The molecule has 2 heterocycles. The number of likely N-dealkylation sites (tertiary alicyclic amines) is 1. The number of unbranched alkanes of at least 4 members (excludes halogenated alkanes) is 12. The summed E-state index contributed by atoms with van der Waals surface area (Å²) in [5.41, 5.74) is 2.60. The Labute approximate surface area is 341 Å². The van der Waals surface area contributed by atoms with Crippen molar-refractivity contribution in [1.29, 1.82) is 0 Å². The summed E-state index contributed by atoms with van der Waals surface area (Å²) >= 11 is 0. The SMILES string of the molecule is CCCCCCCCCCCCCCCc1cccc(OC)c1C1C(C(=O)NC)=C(C)NC(=O)N1C(=O)NCCCN1CCC(C(=O)OC)(c2ccccc2)CC1. The van der Waals surface area contributed by atoms with Crippen LogP contribution in [0.3, 0.4) is 0 Å². The zero-order chi connectivity index (χ0) is 41.0. The van der Waals surface area contributed by atoms with Gasteiger partial charge in [0.2, 0.25) is 0 Å². The number of methoxy groups -OCH3 is 2. The van der Waals surface area contributed by atoms with Gasteiger partial charge in [-0.2, -0.15) is 0 Å². The number of aryl methyl sites for hydroxylation is 1. The molecule has 314 valence electrons. The second-order valence-electron chi connectivity index (χ2n) is 15.7. The van der Waals surface area contributed by atoms with E-state index in [1.807, 2.05) is 48.5 Å². The lowest BCUT2D eigenvalue weighted by molar-refractivity contribution is -0.149. The molecule has 1 unspecified atom stereocenters. The average Bonchev–Trinajstić information content (AvgIpc) is 3.23. The summed E-state index contributed by atoms with van der Waals surface area (Å²) in [5, 5.41) is 8.46. The predicted octanol–water partition coefficient (Wildman–Crippen LogP) is 8.72. The van der Waals surface area contributed by atoms with Gasteiger partial charge < -0.3 is 30.3 Å². The van der Waals surface area contributed by atoms with Gasteiger partial charge in [-0.25, -0.2) is 14.5 Å². The number of allylic oxidation sites excluding steroid dienone is 1. The number of likely N-dealkylation sites (N-methyl/N-ethyl adjacent to an activating group) is 1. The van der Waals surface area contributed by atoms with Crippen LogP contribution in [0.1, 0.15) is 139 Å². The van der Waals surface area contributed by atoms with Crippen molar-refractivity contribution in [3.63, 3.8) is 0 Å². The zero-order valence-corrected chi connectivity index (χ0v) is 35.4. The van der Waals surface area contributed by atoms with Crippen molar-refractivity contribution in [2.45, 2.75) is 134 Å². The van der Waals surface area contributed by atoms with Crippen LogP contribution in [-0.2, 0) is 26.2 Å². The summed E-state index contributed by atoms with van der Waals surface area (Å²) in [5.74, 6) is -0.0628. The number of rotatable bonds is 23. The number of benzene rings is 2. The van der Waals surface area contributed by atoms with Crippen molar-refractivity contribution in [2.75, 3.05) is 47.4 Å². The molecule has 0 radical (unpaired) electrons. The maximum Gasteiger partial charge on any atom is 0.330 e. The van der Waals surface area contributed by atoms with Gasteiger partial charge in [-0.05, 0) is 75.9 Å². The number of carbonyl (C=O) groups is 4. The Morgan fingerprint density at radius 1 is 0.825 bits per heavy atom. The third-order valence-corrected chi connectivity index (χ3v) is 11.9. The summed E-state index contributed by atoms with van der Waals surface area (Å²) < 4.78 is 11.1. The van der Waals surface area contributed by atoms with E-state index in [0.29, 0.717) is 68.0 Å². The lowest BCUT2D eigenvalue weighted by Gasteiger charge is -2.40. The Morgan fingerprint density at radius 2 is 1.44 bits per heavy atom. The van der Waals surface area contributed by atoms with Crippen LogP contribution < -0.4 is 20.7 Å². The lowest BCUT2D eigenvalue weighted by atomic mass is 9.72. The molecule has 11 nitrogen and oxygen atoms in total. The van der Waals surface area contributed by atoms with Crippen molar-refractivity contribution < 1.29 is 28.7 Å². The van der Waals surface area contributed by atoms with Crippen molar-refractivity contribution in [2.24, 2.45) is 0 Å². The van der Waals surface area contributed by atoms with Gasteiger partial charge in [0.05, 0.1) is 25.2 Å². The molecule has 2 aromatic carbocycles. The van der Waals surface area contributed by atoms with E-state index in [1.54, 1.807) is 21.1 Å². The van der Waals surface area contributed by atoms with E-state index >= 15 is 0 Å². The quantitative estimate of drug-likeness (QED) is 0.0759. The second-order valence-corrected chi connectivity index (χ2v) is 15.7. The number of ether oxygens (including phenoxy) is 2. The summed E-state index contributed by atoms with van der Waals surface area (Å²) in [6.45, 7) is 6.41. The molecule has 5 amide bonds. The van der Waals surface area contributed by atoms with Crippen LogP contribution in [0.5, 0.6) is 5.75 Å². The number of hydrogen-bond donors (Lipinski definition) is 3. The third-order valence-electron chi connectivity index (χ3n) is 11.9. The highest BCUT2D eigenvalue weighted by atomic mass is 16.5. The minimum absolute atomic E-state index is 0.210. The monoisotopic (exact) mass is 788 g/mol. The van der Waals surface area contributed by atoms with Gasteiger partial charge in [0.15, 0.2) is 0 Å². The van der Waals surface area contributed by atoms with Gasteiger partial charge in [0.25, 0.3) is 5.91 Å². The number of hydrogen-bond acceptors (Lipinski definition) is 7. The summed E-state index contributed by atoms with van der Waals surface area (Å²) in [6.07, 6.45) is 19.0. The molecule has 1 atom stereocenters. The van der Waals surface area contributed by atoms with E-state index in [4.69, 9.17) is 9.47 Å². The number of nitrogens with zero attached hydrogens (tertiary/aromatic N) is 2. The summed E-state index contributed by atoms with van der Waals surface area (Å²) in [6, 6.07) is 13.4. The Kier molecular flexibility index (Phi) is 18.9. The smallest absolute Gasteiger partial charge is 0.330 e. The van der Waals surface area contributed by atoms with Crippen LogP contribution in [0.2, 0.25) is 0 Å². The largest absolute Gasteiger partial charge is 0.496 e. The highest BCUT2D eigenvalue weighted by Crippen LogP contribution is 2.41. The maximum atomic E-state index is 14.0. The van der Waals surface area contributed by atoms with Gasteiger partial charge in [-0.1, -0.05) is 126 Å². The molecule has 0 saturated carbocycles. The van der Waals surface area contributed by atoms with Crippen LogP contribution in [0, 0.1) is 0 Å². The molecule has 1 fully saturated rings. The lowest BCUT2D eigenvalue weighted by Crippen LogP contribution is -2.55. The molecule has 0 spiro atoms. The zero-order valence-electron chi connectivity index (χ0n) is 35.4. The fraction of sp³-hybridized carbons (Fsp3) is 0.609. The van der Waals surface area contributed by atoms with E-state index in [0.717, 1.165) is 41.7 Å². The number of amides is 5. The first-order chi connectivity index (χ1) is 27.7. The van der Waals surface area contributed by atoms with E-state index in [9.17, 15) is 19.2 Å². The molecule has 2 aliphatic rings. The van der Waals surface area contributed by atoms with E-state index in [2.05, 4.69) is 27.8 Å². The minimum atomic E-state index is -0.988. The van der Waals surface area contributed by atoms with Gasteiger partial charge in [0, 0.05) is 24.9 Å². The number of esters is 1. The van der Waals surface area contributed by atoms with Crippen LogP contribution >= 0.6 is 0 Å². The molecule has 57 heavy (non-hydrogen) atoms. The van der Waals surface area contributed by atoms with Crippen LogP contribution in [-0.4, -0.2) is 81.2 Å². The second kappa shape index (κ2) is 23.8. The highest BCUT2D eigenvalue weighted by Gasteiger charge is 2.45. The highest BCUT2D eigenvalue weighted by molar-refractivity contribution is 6.03. The number of imide groups is 1. The van der Waals surface area contributed by atoms with E-state index < -0.39 is 23.5 Å². The summed E-state index contributed by atoms with van der Waals surface area (Å²) in [4.78, 5) is 57.7. The Balaban J connectivity index is 1.38. The number of carbonyl (C=O) groups excluding carboxylic acids is 4. The van der Waals surface area contributed by atoms with Gasteiger partial charge in [-0.3, -0.25) is 9.59 Å². The Morgan fingerprint density at radius 3 is 2.02 bits per heavy atom. The van der Waals surface area contributed by atoms with Crippen molar-refractivity contribution in [1.82, 2.24) is 25.8 Å². The standard InChI is InChI=1S/C46H69N5O6/c1-6-7-8-9-10-11-12-13-14-15-16-17-19-24-36-25-22-28-38(56-4)40(36)41-39(42(52)47-3)35(2)49-45(55)51(41)44(54)48-31-23-32-50-33-29-46(30-34-50,43(53)57-5)37-26-20-18-21-27-37/h18,20-22,25-28,41H,6-17,19,23-24,29-34H2,1-5H3,(H,47,52)(H,48,54)(H,49,55). The molecular formula is C46H69N5O6. The van der Waals surface area contributed by atoms with E-state index in [1.165, 1.54) is 71.3 Å². The van der Waals surface area contributed by atoms with Crippen molar-refractivity contribution in [3.05, 3.63) is 76.5 Å². The Hall–Kier alpha value is -4.38. The molecule has 0 aliphatic carbocycles. The molecule has 0 bridgehead atoms. The first-order valence-electron chi connectivity index (χ1n) is 21.5. The molecule has 1 saturated heterocycles. The maximum absolute atomic E-state index is 14.0. The molecule has 2 aliphatic heterocycles. The molecule has 11 heteroatoms. The first kappa shape index (κ1) is 45.3. The third kappa shape index (κ3) is 12.3. The first-order valence-corrected chi connectivity index (χ1v) is 21.5. The van der Waals surface area contributed by atoms with Gasteiger partial charge in [0.1, 0.15) is 11.8 Å². The number of piperidine rings is 1. The topological polar surface area (TPSA) is 129 Å². The average molecular weight is 788 g/mol. The molecule has 4 rings (SSSR count). The van der Waals surface area contributed by atoms with Crippen molar-refractivity contribution in [3.8, 4) is 5.75 Å². The predicted molar refractivity (Wildman–Crippen MR) is 226 cm³/mol. The van der Waals surface area contributed by atoms with Crippen LogP contribution in [0.15, 0.2) is 59.8 Å². The minimum Gasteiger partial charge on any atom is -0.496 e. The number of nitrogens with one attached hydrogen (secondary N) is 3. The Bertz CT molecular complexity index is 1620. The summed E-state index contributed by atoms with van der Waals surface area (Å²) in [7, 11) is 4.57. The van der Waals surface area contributed by atoms with Gasteiger partial charge in [-0.15, -0.1) is 0 Å². The van der Waals surface area contributed by atoms with Gasteiger partial charge >= 0.3 is 18.0 Å². The fourth-order valence-corrected chi connectivity index (χ4v) is 8.59. The molecular weight excluding hydrogens is 719 g/mol. The number of urea groups is 2.